The van der Waals surface area contributed by atoms with Crippen LogP contribution in [-0.2, 0) is 0 Å². The highest BCUT2D eigenvalue weighted by Gasteiger charge is 2.01. The van der Waals surface area contributed by atoms with E-state index < -0.39 is 0 Å². The summed E-state index contributed by atoms with van der Waals surface area (Å²) in [7, 11) is 0. The van der Waals surface area contributed by atoms with Crippen LogP contribution in [0.5, 0.6) is 0 Å². The molecule has 0 atom stereocenters. The van der Waals surface area contributed by atoms with Crippen LogP contribution in [0.1, 0.15) is 11.1 Å². The zero-order valence-corrected chi connectivity index (χ0v) is 11.2. The van der Waals surface area contributed by atoms with Crippen LogP contribution in [0.25, 0.3) is 10.8 Å². The second-order valence-electron chi connectivity index (χ2n) is 3.59. The first-order valence-electron chi connectivity index (χ1n) is 4.47. The molecule has 0 heterocycles. The van der Waals surface area contributed by atoms with Crippen molar-refractivity contribution in [2.24, 2.45) is 0 Å². The minimum absolute atomic E-state index is 1.06. The molecule has 0 N–H and O–H groups in total. The molecule has 2 aromatic rings. The zero-order valence-electron chi connectivity index (χ0n) is 8.13. The van der Waals surface area contributed by atoms with Crippen LogP contribution in [0.15, 0.2) is 29.2 Å². The number of aryl methyl sites for hydroxylation is 2. The van der Waals surface area contributed by atoms with E-state index in [0.717, 1.165) is 4.90 Å². The zero-order chi connectivity index (χ0) is 10.3. The summed E-state index contributed by atoms with van der Waals surface area (Å²) in [5.74, 6) is 0. The van der Waals surface area contributed by atoms with Crippen molar-refractivity contribution in [1.29, 1.82) is 0 Å². The van der Waals surface area contributed by atoms with Gasteiger partial charge in [0.2, 0.25) is 0 Å². The molecule has 0 aromatic heterocycles. The summed E-state index contributed by atoms with van der Waals surface area (Å²) in [4.78, 5) is 1.06. The van der Waals surface area contributed by atoms with Gasteiger partial charge in [-0.25, -0.2) is 0 Å². The Morgan fingerprint density at radius 1 is 0.929 bits per heavy atom. The summed E-state index contributed by atoms with van der Waals surface area (Å²) in [6, 6.07) is 8.78. The van der Waals surface area contributed by atoms with Crippen molar-refractivity contribution >= 4 is 46.0 Å². The number of hydrogen-bond acceptors (Lipinski definition) is 1. The molecule has 0 aliphatic rings. The fourth-order valence-electron chi connectivity index (χ4n) is 1.54. The second kappa shape index (κ2) is 3.74. The Morgan fingerprint density at radius 2 is 1.43 bits per heavy atom. The Hall–Kier alpha value is -0.220. The molecule has 72 valence electrons. The minimum atomic E-state index is 1.06. The van der Waals surface area contributed by atoms with E-state index in [-0.39, 0.29) is 0 Å². The first kappa shape index (κ1) is 10.3. The van der Waals surface area contributed by atoms with E-state index in [1.807, 2.05) is 0 Å². The summed E-state index contributed by atoms with van der Waals surface area (Å²) in [5, 5.41) is 2.58. The van der Waals surface area contributed by atoms with Gasteiger partial charge in [-0.05, 0) is 70.5 Å². The molecule has 0 bridgehead atoms. The molecule has 0 amide bonds. The van der Waals surface area contributed by atoms with Gasteiger partial charge in [0.1, 0.15) is 0 Å². The van der Waals surface area contributed by atoms with Crippen LogP contribution < -0.4 is 0 Å². The first-order valence-corrected chi connectivity index (χ1v) is 6.00. The third-order valence-corrected chi connectivity index (χ3v) is 4.21. The topological polar surface area (TPSA) is 0 Å². The summed E-state index contributed by atoms with van der Waals surface area (Å²) < 4.78 is 1.21. The molecule has 2 aromatic carbocycles. The quantitative estimate of drug-likeness (QED) is 0.542. The Labute approximate surface area is 103 Å². The second-order valence-corrected chi connectivity index (χ2v) is 5.23. The molecule has 0 spiro atoms. The fourth-order valence-corrected chi connectivity index (χ4v) is 2.23. The van der Waals surface area contributed by atoms with Gasteiger partial charge in [0.15, 0.2) is 0 Å². The third-order valence-electron chi connectivity index (χ3n) is 2.52. The standard InChI is InChI=1S/C12H11IS/c1-7-3-9-5-11(13)12(14)6-10(9)4-8(7)2/h3-6,14H,1-2H3. The van der Waals surface area contributed by atoms with E-state index in [2.05, 4.69) is 73.3 Å². The van der Waals surface area contributed by atoms with Gasteiger partial charge >= 0.3 is 0 Å². The van der Waals surface area contributed by atoms with E-state index >= 15 is 0 Å². The van der Waals surface area contributed by atoms with Crippen molar-refractivity contribution in [2.75, 3.05) is 0 Å². The number of hydrogen-bond donors (Lipinski definition) is 1. The Morgan fingerprint density at radius 3 is 2.00 bits per heavy atom. The predicted molar refractivity (Wildman–Crippen MR) is 73.4 cm³/mol. The number of thiol groups is 1. The number of fused-ring (bicyclic) bond motifs is 1. The van der Waals surface area contributed by atoms with Gasteiger partial charge in [0.25, 0.3) is 0 Å². The van der Waals surface area contributed by atoms with Crippen molar-refractivity contribution < 1.29 is 0 Å². The molecule has 0 fully saturated rings. The maximum absolute atomic E-state index is 4.43. The molecule has 2 rings (SSSR count). The highest BCUT2D eigenvalue weighted by Crippen LogP contribution is 2.26. The lowest BCUT2D eigenvalue weighted by Crippen LogP contribution is -1.84. The lowest BCUT2D eigenvalue weighted by Gasteiger charge is -2.06. The summed E-state index contributed by atoms with van der Waals surface area (Å²) >= 11 is 6.74. The largest absolute Gasteiger partial charge is 0.142 e. The van der Waals surface area contributed by atoms with Gasteiger partial charge < -0.3 is 0 Å². The van der Waals surface area contributed by atoms with Crippen LogP contribution in [-0.4, -0.2) is 0 Å². The van der Waals surface area contributed by atoms with Crippen molar-refractivity contribution in [2.45, 2.75) is 18.7 Å². The number of rotatable bonds is 0. The van der Waals surface area contributed by atoms with Crippen molar-refractivity contribution in [3.8, 4) is 0 Å². The van der Waals surface area contributed by atoms with Crippen LogP contribution in [0.2, 0.25) is 0 Å². The Balaban J connectivity index is 2.83. The average molecular weight is 314 g/mol. The van der Waals surface area contributed by atoms with Crippen molar-refractivity contribution in [1.82, 2.24) is 0 Å². The van der Waals surface area contributed by atoms with Crippen molar-refractivity contribution in [3.05, 3.63) is 39.0 Å². The monoisotopic (exact) mass is 314 g/mol. The van der Waals surface area contributed by atoms with E-state index in [1.54, 1.807) is 0 Å². The van der Waals surface area contributed by atoms with Gasteiger partial charge in [0, 0.05) is 8.47 Å². The lowest BCUT2D eigenvalue weighted by molar-refractivity contribution is 1.35. The van der Waals surface area contributed by atoms with Gasteiger partial charge in [0.05, 0.1) is 0 Å². The van der Waals surface area contributed by atoms with E-state index in [1.165, 1.54) is 25.5 Å². The lowest BCUT2D eigenvalue weighted by atomic mass is 10.0. The summed E-state index contributed by atoms with van der Waals surface area (Å²) in [6.45, 7) is 4.29. The number of benzene rings is 2. The predicted octanol–water partition coefficient (Wildman–Crippen LogP) is 4.35. The number of halogens is 1. The maximum Gasteiger partial charge on any atom is 0.0270 e. The molecular weight excluding hydrogens is 303 g/mol. The molecule has 2 heteroatoms. The Bertz CT molecular complexity index is 414. The van der Waals surface area contributed by atoms with E-state index in [9.17, 15) is 0 Å². The minimum Gasteiger partial charge on any atom is -0.142 e. The average Bonchev–Trinajstić information content (AvgIpc) is 2.11. The smallest absolute Gasteiger partial charge is 0.0270 e. The molecule has 0 radical (unpaired) electrons. The van der Waals surface area contributed by atoms with Gasteiger partial charge in [-0.15, -0.1) is 12.6 Å². The molecule has 0 unspecified atom stereocenters. The van der Waals surface area contributed by atoms with E-state index in [0.29, 0.717) is 0 Å². The van der Waals surface area contributed by atoms with Gasteiger partial charge in [-0.3, -0.25) is 0 Å². The van der Waals surface area contributed by atoms with Crippen LogP contribution in [0.4, 0.5) is 0 Å². The SMILES string of the molecule is Cc1cc2cc(S)c(I)cc2cc1C. The summed E-state index contributed by atoms with van der Waals surface area (Å²) in [6.07, 6.45) is 0. The van der Waals surface area contributed by atoms with Gasteiger partial charge in [-0.2, -0.15) is 0 Å². The molecule has 0 aliphatic heterocycles. The van der Waals surface area contributed by atoms with Crippen molar-refractivity contribution in [3.63, 3.8) is 0 Å². The third kappa shape index (κ3) is 1.77. The Kier molecular flexibility index (Phi) is 2.75. The summed E-state index contributed by atoms with van der Waals surface area (Å²) in [5.41, 5.74) is 2.69. The van der Waals surface area contributed by atoms with Crippen LogP contribution >= 0.6 is 35.2 Å². The van der Waals surface area contributed by atoms with Gasteiger partial charge in [-0.1, -0.05) is 12.1 Å². The molecular formula is C12H11IS. The van der Waals surface area contributed by atoms with Crippen LogP contribution in [0, 0.1) is 17.4 Å². The fraction of sp³-hybridized carbons (Fsp3) is 0.167. The first-order chi connectivity index (χ1) is 6.58. The molecule has 14 heavy (non-hydrogen) atoms. The molecule has 0 saturated heterocycles. The molecule has 0 saturated carbocycles. The highest BCUT2D eigenvalue weighted by atomic mass is 127. The maximum atomic E-state index is 4.43. The molecule has 0 aliphatic carbocycles. The van der Waals surface area contributed by atoms with E-state index in [4.69, 9.17) is 0 Å². The normalized spacial score (nSPS) is 10.9. The molecule has 0 nitrogen and oxygen atoms in total. The highest BCUT2D eigenvalue weighted by molar-refractivity contribution is 14.1. The van der Waals surface area contributed by atoms with Crippen LogP contribution in [0.3, 0.4) is 0 Å².